The summed E-state index contributed by atoms with van der Waals surface area (Å²) in [6, 6.07) is 0.370. The van der Waals surface area contributed by atoms with E-state index in [1.807, 2.05) is 10.9 Å². The molecule has 0 atom stereocenters. The van der Waals surface area contributed by atoms with Crippen LogP contribution in [0.25, 0.3) is 0 Å². The summed E-state index contributed by atoms with van der Waals surface area (Å²) < 4.78 is 12.7. The van der Waals surface area contributed by atoms with Crippen molar-refractivity contribution in [1.29, 1.82) is 0 Å². The Labute approximate surface area is 90.2 Å². The van der Waals surface area contributed by atoms with Gasteiger partial charge in [0, 0.05) is 6.04 Å². The smallest absolute Gasteiger partial charge is 0.189 e. The van der Waals surface area contributed by atoms with Crippen molar-refractivity contribution in [2.75, 3.05) is 13.4 Å². The lowest BCUT2D eigenvalue weighted by Gasteiger charge is -2.05. The number of aromatic nitrogens is 2. The highest BCUT2D eigenvalue weighted by Gasteiger charge is 2.21. The molecule has 0 unspecified atom stereocenters. The summed E-state index contributed by atoms with van der Waals surface area (Å²) in [6.45, 7) is 5.33. The van der Waals surface area contributed by atoms with Gasteiger partial charge in [-0.1, -0.05) is 0 Å². The van der Waals surface area contributed by atoms with E-state index in [1.165, 1.54) is 12.8 Å². The van der Waals surface area contributed by atoms with E-state index in [0.717, 1.165) is 18.3 Å². The van der Waals surface area contributed by atoms with Gasteiger partial charge in [-0.3, -0.25) is 4.68 Å². The zero-order valence-corrected chi connectivity index (χ0v) is 9.35. The minimum absolute atomic E-state index is 0.334. The number of rotatable bonds is 6. The zero-order valence-electron chi connectivity index (χ0n) is 9.35. The summed E-state index contributed by atoms with van der Waals surface area (Å²) >= 11 is 0. The van der Waals surface area contributed by atoms with E-state index in [1.54, 1.807) is 6.20 Å². The second-order valence-electron chi connectivity index (χ2n) is 4.33. The van der Waals surface area contributed by atoms with Crippen molar-refractivity contribution < 1.29 is 9.47 Å². The predicted octanol–water partition coefficient (Wildman–Crippen LogP) is 2.23. The lowest BCUT2D eigenvalue weighted by Crippen LogP contribution is -2.04. The summed E-state index contributed by atoms with van der Waals surface area (Å²) in [5.41, 5.74) is 0. The molecule has 1 aromatic rings. The predicted molar refractivity (Wildman–Crippen MR) is 56.8 cm³/mol. The summed E-state index contributed by atoms with van der Waals surface area (Å²) in [6.07, 6.45) is 6.24. The monoisotopic (exact) mass is 210 g/mol. The van der Waals surface area contributed by atoms with Gasteiger partial charge < -0.3 is 9.47 Å². The SMILES string of the molecule is CC(C)n1cc(OCOCC2CC2)cn1. The minimum Gasteiger partial charge on any atom is -0.464 e. The van der Waals surface area contributed by atoms with Crippen molar-refractivity contribution in [3.63, 3.8) is 0 Å². The van der Waals surface area contributed by atoms with Crippen molar-refractivity contribution in [3.05, 3.63) is 12.4 Å². The molecule has 0 aromatic carbocycles. The van der Waals surface area contributed by atoms with Crippen LogP contribution in [0.3, 0.4) is 0 Å². The average Bonchev–Trinajstić information content (AvgIpc) is 2.90. The molecule has 2 rings (SSSR count). The second kappa shape index (κ2) is 4.66. The molecule has 0 spiro atoms. The van der Waals surface area contributed by atoms with Gasteiger partial charge in [-0.05, 0) is 32.6 Å². The van der Waals surface area contributed by atoms with Crippen LogP contribution in [0.1, 0.15) is 32.7 Å². The van der Waals surface area contributed by atoms with Crippen LogP contribution in [0.5, 0.6) is 5.75 Å². The van der Waals surface area contributed by atoms with Crippen molar-refractivity contribution in [3.8, 4) is 5.75 Å². The fourth-order valence-electron chi connectivity index (χ4n) is 1.29. The maximum Gasteiger partial charge on any atom is 0.189 e. The molecule has 1 saturated carbocycles. The Morgan fingerprint density at radius 3 is 2.93 bits per heavy atom. The molecule has 0 saturated heterocycles. The first-order valence-corrected chi connectivity index (χ1v) is 5.50. The molecule has 4 nitrogen and oxygen atoms in total. The van der Waals surface area contributed by atoms with Crippen LogP contribution in [0.2, 0.25) is 0 Å². The molecule has 15 heavy (non-hydrogen) atoms. The fraction of sp³-hybridized carbons (Fsp3) is 0.727. The lowest BCUT2D eigenvalue weighted by molar-refractivity contribution is 0.00991. The molecular weight excluding hydrogens is 192 g/mol. The molecule has 0 N–H and O–H groups in total. The van der Waals surface area contributed by atoms with E-state index in [9.17, 15) is 0 Å². The van der Waals surface area contributed by atoms with Gasteiger partial charge >= 0.3 is 0 Å². The number of hydrogen-bond acceptors (Lipinski definition) is 3. The third kappa shape index (κ3) is 3.23. The molecule has 0 bridgehead atoms. The Bertz CT molecular complexity index is 305. The van der Waals surface area contributed by atoms with Gasteiger partial charge in [0.2, 0.25) is 0 Å². The van der Waals surface area contributed by atoms with E-state index < -0.39 is 0 Å². The number of ether oxygens (including phenoxy) is 2. The average molecular weight is 210 g/mol. The van der Waals surface area contributed by atoms with Crippen molar-refractivity contribution >= 4 is 0 Å². The quantitative estimate of drug-likeness (QED) is 0.533. The summed E-state index contributed by atoms with van der Waals surface area (Å²) in [7, 11) is 0. The summed E-state index contributed by atoms with van der Waals surface area (Å²) in [5, 5.41) is 4.18. The number of hydrogen-bond donors (Lipinski definition) is 0. The Kier molecular flexibility index (Phi) is 3.26. The third-order valence-corrected chi connectivity index (χ3v) is 2.47. The maximum atomic E-state index is 5.41. The third-order valence-electron chi connectivity index (χ3n) is 2.47. The highest BCUT2D eigenvalue weighted by Crippen LogP contribution is 2.28. The van der Waals surface area contributed by atoms with Gasteiger partial charge in [0.1, 0.15) is 0 Å². The van der Waals surface area contributed by atoms with Gasteiger partial charge in [-0.2, -0.15) is 5.10 Å². The van der Waals surface area contributed by atoms with Crippen LogP contribution >= 0.6 is 0 Å². The molecule has 1 heterocycles. The van der Waals surface area contributed by atoms with E-state index in [0.29, 0.717) is 12.8 Å². The van der Waals surface area contributed by atoms with Crippen molar-refractivity contribution in [2.45, 2.75) is 32.7 Å². The Hall–Kier alpha value is -1.03. The van der Waals surface area contributed by atoms with Crippen LogP contribution in [-0.4, -0.2) is 23.2 Å². The molecule has 0 aliphatic heterocycles. The lowest BCUT2D eigenvalue weighted by atomic mass is 10.4. The van der Waals surface area contributed by atoms with E-state index in [4.69, 9.17) is 9.47 Å². The van der Waals surface area contributed by atoms with Crippen LogP contribution in [0, 0.1) is 5.92 Å². The molecule has 0 amide bonds. The Morgan fingerprint density at radius 2 is 2.33 bits per heavy atom. The number of nitrogens with zero attached hydrogens (tertiary/aromatic N) is 2. The molecular formula is C11H18N2O2. The molecule has 4 heteroatoms. The summed E-state index contributed by atoms with van der Waals surface area (Å²) in [4.78, 5) is 0. The first kappa shape index (κ1) is 10.5. The van der Waals surface area contributed by atoms with Crippen molar-refractivity contribution in [2.24, 2.45) is 5.92 Å². The Balaban J connectivity index is 1.67. The minimum atomic E-state index is 0.334. The van der Waals surface area contributed by atoms with Crippen LogP contribution in [0.15, 0.2) is 12.4 Å². The van der Waals surface area contributed by atoms with Gasteiger partial charge in [0.15, 0.2) is 12.5 Å². The highest BCUT2D eigenvalue weighted by molar-refractivity contribution is 5.11. The molecule has 84 valence electrons. The highest BCUT2D eigenvalue weighted by atomic mass is 16.7. The van der Waals surface area contributed by atoms with Crippen LogP contribution < -0.4 is 4.74 Å². The van der Waals surface area contributed by atoms with Gasteiger partial charge in [-0.25, -0.2) is 0 Å². The molecule has 1 aliphatic rings. The molecule has 1 aromatic heterocycles. The first-order valence-electron chi connectivity index (χ1n) is 5.50. The van der Waals surface area contributed by atoms with Gasteiger partial charge in [-0.15, -0.1) is 0 Å². The maximum absolute atomic E-state index is 5.41. The van der Waals surface area contributed by atoms with E-state index in [-0.39, 0.29) is 0 Å². The Morgan fingerprint density at radius 1 is 1.53 bits per heavy atom. The fourth-order valence-corrected chi connectivity index (χ4v) is 1.29. The van der Waals surface area contributed by atoms with E-state index in [2.05, 4.69) is 18.9 Å². The largest absolute Gasteiger partial charge is 0.464 e. The van der Waals surface area contributed by atoms with Crippen LogP contribution in [0.4, 0.5) is 0 Å². The van der Waals surface area contributed by atoms with Crippen LogP contribution in [-0.2, 0) is 4.74 Å². The van der Waals surface area contributed by atoms with Gasteiger partial charge in [0.25, 0.3) is 0 Å². The standard InChI is InChI=1S/C11H18N2O2/c1-9(2)13-6-11(5-12-13)15-8-14-7-10-3-4-10/h5-6,9-10H,3-4,7-8H2,1-2H3. The van der Waals surface area contributed by atoms with E-state index >= 15 is 0 Å². The molecule has 0 radical (unpaired) electrons. The first-order chi connectivity index (χ1) is 7.25. The topological polar surface area (TPSA) is 36.3 Å². The van der Waals surface area contributed by atoms with Gasteiger partial charge in [0.05, 0.1) is 19.0 Å². The summed E-state index contributed by atoms with van der Waals surface area (Å²) in [5.74, 6) is 1.56. The zero-order chi connectivity index (χ0) is 10.7. The second-order valence-corrected chi connectivity index (χ2v) is 4.33. The molecule has 1 aliphatic carbocycles. The van der Waals surface area contributed by atoms with Crippen molar-refractivity contribution in [1.82, 2.24) is 9.78 Å². The molecule has 1 fully saturated rings. The normalized spacial score (nSPS) is 15.9.